The molecule has 2 aromatic rings. The molecule has 2 nitrogen and oxygen atoms in total. The van der Waals surface area contributed by atoms with Gasteiger partial charge < -0.3 is 10.5 Å². The maximum absolute atomic E-state index is 13.7. The smallest absolute Gasteiger partial charge is 0.191 e. The van der Waals surface area contributed by atoms with E-state index in [1.165, 1.54) is 12.1 Å². The lowest BCUT2D eigenvalue weighted by molar-refractivity contribution is 0.273. The number of rotatable bonds is 4. The standard InChI is InChI=1S/C14H11BrF3NO/c15-10-1-9(2-11(16)5-10)7-20-14-12(17)3-8(6-19)4-13(14)18/h1-5H,6-7,19H2. The van der Waals surface area contributed by atoms with Crippen molar-refractivity contribution in [3.8, 4) is 5.75 Å². The van der Waals surface area contributed by atoms with Gasteiger partial charge in [-0.3, -0.25) is 0 Å². The second kappa shape index (κ2) is 6.28. The number of nitrogens with two attached hydrogens (primary N) is 1. The molecule has 0 spiro atoms. The molecule has 0 saturated heterocycles. The first kappa shape index (κ1) is 14.9. The van der Waals surface area contributed by atoms with Crippen LogP contribution in [0, 0.1) is 17.5 Å². The van der Waals surface area contributed by atoms with Gasteiger partial charge in [-0.25, -0.2) is 13.2 Å². The number of halogens is 4. The average Bonchev–Trinajstić information content (AvgIpc) is 2.36. The molecule has 6 heteroatoms. The molecule has 0 unspecified atom stereocenters. The molecule has 0 amide bonds. The van der Waals surface area contributed by atoms with Crippen LogP contribution >= 0.6 is 15.9 Å². The molecule has 0 radical (unpaired) electrons. The fourth-order valence-corrected chi connectivity index (χ4v) is 2.23. The van der Waals surface area contributed by atoms with E-state index in [1.54, 1.807) is 6.07 Å². The topological polar surface area (TPSA) is 35.2 Å². The first-order valence-electron chi connectivity index (χ1n) is 5.75. The molecule has 0 bridgehead atoms. The van der Waals surface area contributed by atoms with Crippen molar-refractivity contribution >= 4 is 15.9 Å². The summed E-state index contributed by atoms with van der Waals surface area (Å²) in [6.45, 7) is -0.114. The zero-order valence-electron chi connectivity index (χ0n) is 10.3. The van der Waals surface area contributed by atoms with Crippen LogP contribution in [-0.4, -0.2) is 0 Å². The maximum atomic E-state index is 13.7. The van der Waals surface area contributed by atoms with Crippen LogP contribution in [-0.2, 0) is 13.2 Å². The third-order valence-corrected chi connectivity index (χ3v) is 3.06. The number of ether oxygens (including phenoxy) is 1. The minimum absolute atomic E-state index is 0.0327. The van der Waals surface area contributed by atoms with E-state index in [0.717, 1.165) is 12.1 Å². The van der Waals surface area contributed by atoms with Crippen molar-refractivity contribution in [3.05, 3.63) is 63.4 Å². The summed E-state index contributed by atoms with van der Waals surface area (Å²) in [5.41, 5.74) is 6.11. The lowest BCUT2D eigenvalue weighted by Crippen LogP contribution is -2.03. The molecule has 0 aliphatic heterocycles. The second-order valence-corrected chi connectivity index (χ2v) is 5.07. The summed E-state index contributed by atoms with van der Waals surface area (Å²) in [6, 6.07) is 6.34. The molecular formula is C14H11BrF3NO. The Morgan fingerprint density at radius 3 is 2.15 bits per heavy atom. The van der Waals surface area contributed by atoms with Crippen molar-refractivity contribution in [2.24, 2.45) is 5.73 Å². The molecule has 2 rings (SSSR count). The van der Waals surface area contributed by atoms with Gasteiger partial charge in [-0.15, -0.1) is 0 Å². The van der Waals surface area contributed by atoms with Gasteiger partial charge in [-0.2, -0.15) is 0 Å². The molecule has 106 valence electrons. The third-order valence-electron chi connectivity index (χ3n) is 2.60. The highest BCUT2D eigenvalue weighted by Gasteiger charge is 2.12. The Morgan fingerprint density at radius 1 is 0.950 bits per heavy atom. The highest BCUT2D eigenvalue weighted by molar-refractivity contribution is 9.10. The summed E-state index contributed by atoms with van der Waals surface area (Å²) >= 11 is 3.13. The van der Waals surface area contributed by atoms with E-state index in [0.29, 0.717) is 15.6 Å². The van der Waals surface area contributed by atoms with Gasteiger partial charge in [0.15, 0.2) is 17.4 Å². The average molecular weight is 346 g/mol. The van der Waals surface area contributed by atoms with Crippen molar-refractivity contribution in [1.29, 1.82) is 0 Å². The lowest BCUT2D eigenvalue weighted by Gasteiger charge is -2.10. The summed E-state index contributed by atoms with van der Waals surface area (Å²) in [6.07, 6.45) is 0. The molecule has 0 fully saturated rings. The van der Waals surface area contributed by atoms with E-state index in [1.807, 2.05) is 0 Å². The van der Waals surface area contributed by atoms with Gasteiger partial charge >= 0.3 is 0 Å². The summed E-state index contributed by atoms with van der Waals surface area (Å²) in [5.74, 6) is -2.62. The summed E-state index contributed by atoms with van der Waals surface area (Å²) in [4.78, 5) is 0. The lowest BCUT2D eigenvalue weighted by atomic mass is 10.2. The molecular weight excluding hydrogens is 335 g/mol. The van der Waals surface area contributed by atoms with Gasteiger partial charge in [0.05, 0.1) is 0 Å². The molecule has 0 atom stereocenters. The summed E-state index contributed by atoms with van der Waals surface area (Å²) in [7, 11) is 0. The van der Waals surface area contributed by atoms with E-state index in [2.05, 4.69) is 15.9 Å². The van der Waals surface area contributed by atoms with E-state index < -0.39 is 23.2 Å². The van der Waals surface area contributed by atoms with Crippen molar-refractivity contribution in [3.63, 3.8) is 0 Å². The van der Waals surface area contributed by atoms with Crippen LogP contribution in [0.5, 0.6) is 5.75 Å². The Hall–Kier alpha value is -1.53. The Balaban J connectivity index is 2.18. The molecule has 2 N–H and O–H groups in total. The van der Waals surface area contributed by atoms with Crippen molar-refractivity contribution < 1.29 is 17.9 Å². The van der Waals surface area contributed by atoms with Gasteiger partial charge in [0.2, 0.25) is 0 Å². The largest absolute Gasteiger partial charge is 0.483 e. The number of benzene rings is 2. The van der Waals surface area contributed by atoms with E-state index in [4.69, 9.17) is 10.5 Å². The predicted octanol–water partition coefficient (Wildman–Crippen LogP) is 3.90. The van der Waals surface area contributed by atoms with Crippen molar-refractivity contribution in [2.45, 2.75) is 13.2 Å². The summed E-state index contributed by atoms with van der Waals surface area (Å²) in [5, 5.41) is 0. The van der Waals surface area contributed by atoms with E-state index in [9.17, 15) is 13.2 Å². The van der Waals surface area contributed by atoms with Crippen LogP contribution in [0.3, 0.4) is 0 Å². The highest BCUT2D eigenvalue weighted by Crippen LogP contribution is 2.25. The zero-order chi connectivity index (χ0) is 14.7. The molecule has 2 aromatic carbocycles. The van der Waals surface area contributed by atoms with Crippen molar-refractivity contribution in [2.75, 3.05) is 0 Å². The Bertz CT molecular complexity index is 591. The van der Waals surface area contributed by atoms with Crippen molar-refractivity contribution in [1.82, 2.24) is 0 Å². The first-order valence-corrected chi connectivity index (χ1v) is 6.54. The molecule has 0 aliphatic carbocycles. The quantitative estimate of drug-likeness (QED) is 0.911. The highest BCUT2D eigenvalue weighted by atomic mass is 79.9. The van der Waals surface area contributed by atoms with E-state index in [-0.39, 0.29) is 13.2 Å². The molecule has 0 heterocycles. The van der Waals surface area contributed by atoms with Gasteiger partial charge in [-0.05, 0) is 41.5 Å². The van der Waals surface area contributed by atoms with Crippen LogP contribution in [0.2, 0.25) is 0 Å². The fourth-order valence-electron chi connectivity index (χ4n) is 1.72. The predicted molar refractivity (Wildman–Crippen MR) is 72.7 cm³/mol. The van der Waals surface area contributed by atoms with Crippen LogP contribution < -0.4 is 10.5 Å². The third kappa shape index (κ3) is 3.52. The Morgan fingerprint density at radius 2 is 1.60 bits per heavy atom. The van der Waals surface area contributed by atoms with Crippen LogP contribution in [0.1, 0.15) is 11.1 Å². The maximum Gasteiger partial charge on any atom is 0.191 e. The molecule has 0 aliphatic rings. The Kier molecular flexibility index (Phi) is 4.67. The molecule has 20 heavy (non-hydrogen) atoms. The monoisotopic (exact) mass is 345 g/mol. The normalized spacial score (nSPS) is 10.7. The van der Waals surface area contributed by atoms with Crippen LogP contribution in [0.4, 0.5) is 13.2 Å². The zero-order valence-corrected chi connectivity index (χ0v) is 11.9. The van der Waals surface area contributed by atoms with Gasteiger partial charge in [0.1, 0.15) is 12.4 Å². The number of hydrogen-bond donors (Lipinski definition) is 1. The summed E-state index contributed by atoms with van der Waals surface area (Å²) < 4.78 is 46.1. The first-order chi connectivity index (χ1) is 9.49. The van der Waals surface area contributed by atoms with E-state index >= 15 is 0 Å². The van der Waals surface area contributed by atoms with Crippen LogP contribution in [0.25, 0.3) is 0 Å². The minimum Gasteiger partial charge on any atom is -0.483 e. The SMILES string of the molecule is NCc1cc(F)c(OCc2cc(F)cc(Br)c2)c(F)c1. The second-order valence-electron chi connectivity index (χ2n) is 4.16. The van der Waals surface area contributed by atoms with Crippen LogP contribution in [0.15, 0.2) is 34.8 Å². The molecule has 0 saturated carbocycles. The number of hydrogen-bond acceptors (Lipinski definition) is 2. The van der Waals surface area contributed by atoms with Gasteiger partial charge in [0.25, 0.3) is 0 Å². The van der Waals surface area contributed by atoms with Gasteiger partial charge in [-0.1, -0.05) is 15.9 Å². The fraction of sp³-hybridized carbons (Fsp3) is 0.143. The molecule has 0 aromatic heterocycles. The minimum atomic E-state index is -0.832. The Labute approximate surface area is 122 Å². The van der Waals surface area contributed by atoms with Gasteiger partial charge in [0, 0.05) is 11.0 Å².